The molecule has 3 rings (SSSR count). The molecule has 2 aromatic rings. The monoisotopic (exact) mass is 426 g/mol. The Hall–Kier alpha value is -2.27. The Kier molecular flexibility index (Phi) is 7.75. The van der Waals surface area contributed by atoms with Gasteiger partial charge in [-0.05, 0) is 56.5 Å². The summed E-state index contributed by atoms with van der Waals surface area (Å²) in [5.74, 6) is -0.815. The minimum atomic E-state index is -1.05. The van der Waals surface area contributed by atoms with Crippen LogP contribution in [-0.2, 0) is 16.0 Å². The number of hydrogen-bond donors (Lipinski definition) is 1. The number of amides is 1. The molecule has 1 aromatic carbocycles. The van der Waals surface area contributed by atoms with Gasteiger partial charge in [0.15, 0.2) is 0 Å². The van der Waals surface area contributed by atoms with Crippen LogP contribution in [0.15, 0.2) is 28.7 Å². The average molecular weight is 427 g/mol. The van der Waals surface area contributed by atoms with E-state index < -0.39 is 11.6 Å². The molecule has 1 aliphatic rings. The molecule has 0 bridgehead atoms. The third kappa shape index (κ3) is 6.36. The van der Waals surface area contributed by atoms with Crippen LogP contribution in [0.1, 0.15) is 38.6 Å². The van der Waals surface area contributed by atoms with Gasteiger partial charge < -0.3 is 19.2 Å². The summed E-state index contributed by atoms with van der Waals surface area (Å²) in [6, 6.07) is 5.37. The van der Waals surface area contributed by atoms with Crippen molar-refractivity contribution in [3.8, 4) is 11.5 Å². The number of benzene rings is 1. The van der Waals surface area contributed by atoms with Crippen LogP contribution >= 0.6 is 11.6 Å². The van der Waals surface area contributed by atoms with Gasteiger partial charge in [-0.1, -0.05) is 17.7 Å². The van der Waals surface area contributed by atoms with E-state index in [4.69, 9.17) is 25.9 Å². The number of halogens is 1. The first-order valence-electron chi connectivity index (χ1n) is 9.13. The normalized spacial score (nSPS) is 14.0. The minimum Gasteiger partial charge on any atom is -0.481 e. The van der Waals surface area contributed by atoms with Crippen molar-refractivity contribution in [3.05, 3.63) is 40.8 Å². The molecule has 155 valence electrons. The molecule has 0 atom stereocenters. The summed E-state index contributed by atoms with van der Waals surface area (Å²) in [5, 5.41) is 17.0. The van der Waals surface area contributed by atoms with Crippen molar-refractivity contribution in [2.24, 2.45) is 0 Å². The number of carboxylic acids is 1. The maximum atomic E-state index is 12.2. The Bertz CT molecular complexity index is 968. The van der Waals surface area contributed by atoms with Crippen LogP contribution in [0.5, 0.6) is 0 Å². The van der Waals surface area contributed by atoms with Crippen LogP contribution in [-0.4, -0.2) is 69.8 Å². The zero-order chi connectivity index (χ0) is 21.2. The molecular formula is C20H22ClLiN3O5. The number of hydrogen-bond acceptors (Lipinski definition) is 6. The van der Waals surface area contributed by atoms with E-state index in [1.807, 2.05) is 39.0 Å². The smallest absolute Gasteiger partial charge is 0.410 e. The van der Waals surface area contributed by atoms with Crippen LogP contribution in [0, 0.1) is 0 Å². The second-order valence-electron chi connectivity index (χ2n) is 7.71. The SMILES string of the molecule is CC(C)(C)OC(=O)N1CC=C(c2cc(Cl)cc(-c3nnc(CC(=O)O)o3)c2)CC1.[Li]. The van der Waals surface area contributed by atoms with Crippen molar-refractivity contribution in [1.29, 1.82) is 0 Å². The Labute approximate surface area is 191 Å². The van der Waals surface area contributed by atoms with E-state index in [1.165, 1.54) is 0 Å². The van der Waals surface area contributed by atoms with Crippen molar-refractivity contribution in [3.63, 3.8) is 0 Å². The van der Waals surface area contributed by atoms with Crippen LogP contribution in [0.4, 0.5) is 4.79 Å². The van der Waals surface area contributed by atoms with E-state index in [0.717, 1.165) is 11.1 Å². The van der Waals surface area contributed by atoms with E-state index in [0.29, 0.717) is 30.1 Å². The van der Waals surface area contributed by atoms with E-state index in [2.05, 4.69) is 10.2 Å². The molecule has 0 aliphatic carbocycles. The fourth-order valence-electron chi connectivity index (χ4n) is 2.89. The summed E-state index contributed by atoms with van der Waals surface area (Å²) in [5.41, 5.74) is 1.99. The molecule has 1 radical (unpaired) electrons. The zero-order valence-electron chi connectivity index (χ0n) is 17.4. The van der Waals surface area contributed by atoms with Crippen LogP contribution in [0.2, 0.25) is 5.02 Å². The van der Waals surface area contributed by atoms with Gasteiger partial charge in [0.25, 0.3) is 0 Å². The third-order valence-electron chi connectivity index (χ3n) is 4.15. The molecule has 0 fully saturated rings. The molecule has 1 aliphatic heterocycles. The fraction of sp³-hybridized carbons (Fsp3) is 0.400. The van der Waals surface area contributed by atoms with E-state index in [1.54, 1.807) is 11.0 Å². The molecule has 0 saturated heterocycles. The molecular weight excluding hydrogens is 405 g/mol. The van der Waals surface area contributed by atoms with Gasteiger partial charge in [0.05, 0.1) is 0 Å². The average Bonchev–Trinajstić information content (AvgIpc) is 3.07. The summed E-state index contributed by atoms with van der Waals surface area (Å²) in [6.07, 6.45) is 1.93. The summed E-state index contributed by atoms with van der Waals surface area (Å²) in [4.78, 5) is 24.6. The van der Waals surface area contributed by atoms with Gasteiger partial charge >= 0.3 is 12.1 Å². The standard InChI is InChI=1S/C20H22ClN3O5.Li/c1-20(2,3)29-19(27)24-6-4-12(5-7-24)13-8-14(10-15(21)9-13)18-23-22-16(28-18)11-17(25)26;/h4,8-10H,5-7,11H2,1-3H3,(H,25,26);. The van der Waals surface area contributed by atoms with Crippen LogP contribution < -0.4 is 0 Å². The predicted octanol–water partition coefficient (Wildman–Crippen LogP) is 3.66. The van der Waals surface area contributed by atoms with Gasteiger partial charge in [-0.15, -0.1) is 10.2 Å². The molecule has 0 unspecified atom stereocenters. The quantitative estimate of drug-likeness (QED) is 0.743. The van der Waals surface area contributed by atoms with Crippen LogP contribution in [0.25, 0.3) is 17.0 Å². The molecule has 30 heavy (non-hydrogen) atoms. The summed E-state index contributed by atoms with van der Waals surface area (Å²) >= 11 is 6.27. The van der Waals surface area contributed by atoms with Crippen molar-refractivity contribution in [1.82, 2.24) is 15.1 Å². The second-order valence-corrected chi connectivity index (χ2v) is 8.14. The zero-order valence-corrected chi connectivity index (χ0v) is 18.2. The Morgan fingerprint density at radius 1 is 1.23 bits per heavy atom. The van der Waals surface area contributed by atoms with Crippen molar-refractivity contribution >= 4 is 48.1 Å². The maximum absolute atomic E-state index is 12.2. The van der Waals surface area contributed by atoms with Gasteiger partial charge in [0, 0.05) is 42.5 Å². The van der Waals surface area contributed by atoms with Crippen LogP contribution in [0.3, 0.4) is 0 Å². The van der Waals surface area contributed by atoms with Gasteiger partial charge in [-0.3, -0.25) is 4.79 Å². The minimum absolute atomic E-state index is 0. The number of ether oxygens (including phenoxy) is 1. The Morgan fingerprint density at radius 2 is 1.93 bits per heavy atom. The molecule has 1 amide bonds. The first kappa shape index (κ1) is 24.0. The first-order valence-corrected chi connectivity index (χ1v) is 9.51. The number of carboxylic acid groups (broad SMARTS) is 1. The summed E-state index contributed by atoms with van der Waals surface area (Å²) in [6.45, 7) is 6.48. The van der Waals surface area contributed by atoms with Gasteiger partial charge in [-0.2, -0.15) is 0 Å². The summed E-state index contributed by atoms with van der Waals surface area (Å²) in [7, 11) is 0. The largest absolute Gasteiger partial charge is 0.481 e. The molecule has 0 spiro atoms. The van der Waals surface area contributed by atoms with Crippen molar-refractivity contribution in [2.45, 2.75) is 39.2 Å². The number of carbonyl (C=O) groups excluding carboxylic acids is 1. The first-order chi connectivity index (χ1) is 13.6. The molecule has 10 heteroatoms. The molecule has 8 nitrogen and oxygen atoms in total. The van der Waals surface area contributed by atoms with E-state index >= 15 is 0 Å². The molecule has 1 N–H and O–H groups in total. The molecule has 0 saturated carbocycles. The molecule has 2 heterocycles. The molecule has 1 aromatic heterocycles. The van der Waals surface area contributed by atoms with Crippen molar-refractivity contribution in [2.75, 3.05) is 13.1 Å². The van der Waals surface area contributed by atoms with E-state index in [-0.39, 0.29) is 43.2 Å². The number of aliphatic carboxylic acids is 1. The summed E-state index contributed by atoms with van der Waals surface area (Å²) < 4.78 is 10.8. The van der Waals surface area contributed by atoms with Crippen molar-refractivity contribution < 1.29 is 23.8 Å². The number of nitrogens with zero attached hydrogens (tertiary/aromatic N) is 3. The Morgan fingerprint density at radius 3 is 2.53 bits per heavy atom. The second kappa shape index (κ2) is 9.69. The number of carbonyl (C=O) groups is 2. The van der Waals surface area contributed by atoms with Gasteiger partial charge in [0.1, 0.15) is 12.0 Å². The fourth-order valence-corrected chi connectivity index (χ4v) is 3.13. The number of rotatable bonds is 4. The third-order valence-corrected chi connectivity index (χ3v) is 4.36. The Balaban J connectivity index is 0.00000320. The predicted molar refractivity (Wildman–Crippen MR) is 112 cm³/mol. The van der Waals surface area contributed by atoms with Gasteiger partial charge in [0.2, 0.25) is 11.8 Å². The topological polar surface area (TPSA) is 106 Å². The van der Waals surface area contributed by atoms with E-state index in [9.17, 15) is 9.59 Å². The van der Waals surface area contributed by atoms with Gasteiger partial charge in [-0.25, -0.2) is 4.79 Å². The number of aromatic nitrogens is 2. The maximum Gasteiger partial charge on any atom is 0.410 e.